The number of carboxylic acid groups (broad SMARTS) is 1. The van der Waals surface area contributed by atoms with Gasteiger partial charge in [-0.05, 0) is 96.6 Å². The van der Waals surface area contributed by atoms with Crippen LogP contribution in [0.5, 0.6) is 46.0 Å². The molecule has 0 aromatic heterocycles. The van der Waals surface area contributed by atoms with Crippen LogP contribution in [0.15, 0.2) is 60.7 Å². The van der Waals surface area contributed by atoms with E-state index >= 15 is 0 Å². The number of phenolic OH excluding ortho intramolecular Hbond substituents is 1. The van der Waals surface area contributed by atoms with E-state index in [2.05, 4.69) is 43.3 Å². The summed E-state index contributed by atoms with van der Waals surface area (Å²) in [6.07, 6.45) is 3.29. The van der Waals surface area contributed by atoms with Gasteiger partial charge in [-0.25, -0.2) is 0 Å². The molecule has 4 aromatic carbocycles. The van der Waals surface area contributed by atoms with E-state index in [0.29, 0.717) is 70.5 Å². The summed E-state index contributed by atoms with van der Waals surface area (Å²) in [4.78, 5) is 13.9. The van der Waals surface area contributed by atoms with Crippen molar-refractivity contribution in [2.45, 2.75) is 50.6 Å². The molecule has 0 spiro atoms. The van der Waals surface area contributed by atoms with Crippen LogP contribution in [0.25, 0.3) is 0 Å². The highest BCUT2D eigenvalue weighted by Crippen LogP contribution is 2.53. The maximum absolute atomic E-state index is 11.9. The molecular formula is C41H48Br2N2O8. The summed E-state index contributed by atoms with van der Waals surface area (Å²) in [5.74, 6) is 2.50. The molecular weight excluding hydrogens is 808 g/mol. The molecule has 0 saturated heterocycles. The Labute approximate surface area is 332 Å². The predicted molar refractivity (Wildman–Crippen MR) is 211 cm³/mol. The zero-order chi connectivity index (χ0) is 35.9. The molecule has 0 fully saturated rings. The number of fused-ring (bicyclic) bond motifs is 2. The number of carbonyl (C=O) groups is 1. The fraction of sp³-hybridized carbons (Fsp3) is 0.390. The van der Waals surface area contributed by atoms with Crippen molar-refractivity contribution in [3.63, 3.8) is 0 Å². The third-order valence-electron chi connectivity index (χ3n) is 11.1. The van der Waals surface area contributed by atoms with Crippen LogP contribution in [0.4, 0.5) is 0 Å². The first-order valence-electron chi connectivity index (χ1n) is 17.6. The van der Waals surface area contributed by atoms with Crippen molar-refractivity contribution < 1.29 is 43.2 Å². The molecule has 10 nitrogen and oxygen atoms in total. The van der Waals surface area contributed by atoms with Gasteiger partial charge in [-0.2, -0.15) is 0 Å². The largest absolute Gasteiger partial charge is 0.550 e. The summed E-state index contributed by atoms with van der Waals surface area (Å²) in [5.41, 5.74) is 6.38. The minimum absolute atomic E-state index is 0. The molecule has 6 bridgehead atoms. The van der Waals surface area contributed by atoms with Gasteiger partial charge < -0.3 is 43.2 Å². The Morgan fingerprint density at radius 3 is 2.25 bits per heavy atom. The number of carboxylic acids is 1. The van der Waals surface area contributed by atoms with Crippen LogP contribution in [-0.2, 0) is 30.5 Å². The first kappa shape index (κ1) is 40.2. The van der Waals surface area contributed by atoms with E-state index in [1.54, 1.807) is 21.3 Å². The number of methoxy groups -OCH3 is 3. The van der Waals surface area contributed by atoms with Crippen LogP contribution in [0.1, 0.15) is 58.3 Å². The van der Waals surface area contributed by atoms with Crippen molar-refractivity contribution in [3.05, 3.63) is 94.0 Å². The highest BCUT2D eigenvalue weighted by Gasteiger charge is 2.43. The van der Waals surface area contributed by atoms with Gasteiger partial charge in [0, 0.05) is 37.8 Å². The molecule has 3 unspecified atom stereocenters. The third kappa shape index (κ3) is 7.97. The van der Waals surface area contributed by atoms with Crippen molar-refractivity contribution in [1.29, 1.82) is 0 Å². The van der Waals surface area contributed by atoms with E-state index in [4.69, 9.17) is 23.7 Å². The molecule has 0 saturated carbocycles. The lowest BCUT2D eigenvalue weighted by atomic mass is 9.85. The maximum Gasteiger partial charge on any atom is 0.201 e. The van der Waals surface area contributed by atoms with Gasteiger partial charge in [0.2, 0.25) is 5.75 Å². The van der Waals surface area contributed by atoms with Gasteiger partial charge in [0.15, 0.2) is 34.5 Å². The Kier molecular flexibility index (Phi) is 12.6. The van der Waals surface area contributed by atoms with Gasteiger partial charge in [0.25, 0.3) is 0 Å². The number of carbonyl (C=O) groups excluding carboxylic acids is 1. The first-order valence-corrected chi connectivity index (χ1v) is 17.6. The van der Waals surface area contributed by atoms with E-state index in [1.807, 2.05) is 36.4 Å². The second kappa shape index (κ2) is 16.6. The number of hydrogen-bond donors (Lipinski definition) is 1. The van der Waals surface area contributed by atoms with Crippen molar-refractivity contribution in [2.75, 3.05) is 55.1 Å². The molecule has 284 valence electrons. The number of quaternary nitrogens is 1. The van der Waals surface area contributed by atoms with Gasteiger partial charge in [0.05, 0.1) is 47.0 Å². The second-order valence-electron chi connectivity index (χ2n) is 14.2. The lowest BCUT2D eigenvalue weighted by Gasteiger charge is -2.46. The molecule has 1 N–H and O–H groups in total. The highest BCUT2D eigenvalue weighted by molar-refractivity contribution is 8.93. The lowest BCUT2D eigenvalue weighted by Crippen LogP contribution is -2.52. The predicted octanol–water partition coefficient (Wildman–Crippen LogP) is 7.06. The summed E-state index contributed by atoms with van der Waals surface area (Å²) >= 11 is 0. The van der Waals surface area contributed by atoms with Gasteiger partial charge >= 0.3 is 0 Å². The second-order valence-corrected chi connectivity index (χ2v) is 14.2. The van der Waals surface area contributed by atoms with Crippen LogP contribution in [0, 0.1) is 0 Å². The van der Waals surface area contributed by atoms with Crippen molar-refractivity contribution >= 4 is 39.9 Å². The summed E-state index contributed by atoms with van der Waals surface area (Å²) in [6, 6.07) is 20.1. The van der Waals surface area contributed by atoms with E-state index in [0.717, 1.165) is 48.2 Å². The molecule has 53 heavy (non-hydrogen) atoms. The number of benzene rings is 4. The third-order valence-corrected chi connectivity index (χ3v) is 11.1. The summed E-state index contributed by atoms with van der Waals surface area (Å²) in [7, 11) is 9.11. The van der Waals surface area contributed by atoms with Crippen LogP contribution in [0.3, 0.4) is 0 Å². The number of likely N-dealkylation sites (N-methyl/N-ethyl adjacent to an activating group) is 2. The molecule has 4 aliphatic heterocycles. The number of aromatic hydroxyl groups is 1. The van der Waals surface area contributed by atoms with Gasteiger partial charge in [-0.15, -0.1) is 34.0 Å². The molecule has 4 heterocycles. The fourth-order valence-corrected chi connectivity index (χ4v) is 8.18. The Bertz CT molecular complexity index is 1960. The molecule has 0 radical (unpaired) electrons. The normalized spacial score (nSPS) is 20.2. The summed E-state index contributed by atoms with van der Waals surface area (Å²) < 4.78 is 31.3. The zero-order valence-corrected chi connectivity index (χ0v) is 34.2. The SMILES string of the molecule is Br.Br.COc1ccc2cc1Oc1ccc(cc1)CC1c3cc(c(OC)cc3CCN1C)Oc1c(O)c(OC)cc3c1C(C2)[N+](C)(CCCC(=O)[O-])CC3. The first-order chi connectivity index (χ1) is 24.6. The summed E-state index contributed by atoms with van der Waals surface area (Å²) in [5, 5.41) is 23.4. The Morgan fingerprint density at radius 1 is 0.868 bits per heavy atom. The Morgan fingerprint density at radius 2 is 1.55 bits per heavy atom. The van der Waals surface area contributed by atoms with Crippen molar-refractivity contribution in [3.8, 4) is 46.0 Å². The number of nitrogens with zero attached hydrogens (tertiary/aromatic N) is 2. The van der Waals surface area contributed by atoms with Crippen molar-refractivity contribution in [1.82, 2.24) is 4.90 Å². The lowest BCUT2D eigenvalue weighted by molar-refractivity contribution is -0.941. The molecule has 0 amide bonds. The highest BCUT2D eigenvalue weighted by atomic mass is 79.9. The number of phenols is 1. The molecule has 0 aliphatic carbocycles. The number of hydrogen-bond acceptors (Lipinski definition) is 9. The number of ether oxygens (including phenoxy) is 5. The standard InChI is InChI=1S/C41H46N2O8.2BrH/c1-42-16-14-27-22-34(48-4)36-24-30(27)31(42)19-25-8-11-29(12-9-25)50-35-21-26(10-13-33(35)47-3)20-32-39-28(23-37(49-5)40(46)41(39)51-36)15-18-43(32,2)17-6-7-38(44)45;;/h8-13,21-24,31-32H,6-7,14-20H2,1-5H3,(H-,44,45,46);2*1H. The molecule has 3 atom stereocenters. The maximum atomic E-state index is 11.9. The number of rotatable bonds is 7. The number of halogens is 2. The monoisotopic (exact) mass is 854 g/mol. The minimum atomic E-state index is -1.07. The quantitative estimate of drug-likeness (QED) is 0.196. The molecule has 12 heteroatoms. The van der Waals surface area contributed by atoms with Crippen molar-refractivity contribution in [2.24, 2.45) is 0 Å². The molecule has 4 aromatic rings. The van der Waals surface area contributed by atoms with E-state index in [1.165, 1.54) is 11.1 Å². The fourth-order valence-electron chi connectivity index (χ4n) is 8.18. The minimum Gasteiger partial charge on any atom is -0.550 e. The zero-order valence-electron chi connectivity index (χ0n) is 30.8. The molecule has 4 aliphatic rings. The topological polar surface area (TPSA) is 110 Å². The van der Waals surface area contributed by atoms with Gasteiger partial charge in [0.1, 0.15) is 11.8 Å². The molecule has 8 rings (SSSR count). The average molecular weight is 857 g/mol. The van der Waals surface area contributed by atoms with E-state index < -0.39 is 5.97 Å². The Hall–Kier alpha value is -3.97. The van der Waals surface area contributed by atoms with E-state index in [9.17, 15) is 15.0 Å². The van der Waals surface area contributed by atoms with Gasteiger partial charge in [-0.1, -0.05) is 18.2 Å². The Balaban J connectivity index is 0.00000271. The number of aliphatic carboxylic acids is 1. The van der Waals surface area contributed by atoms with Crippen LogP contribution in [-0.4, -0.2) is 75.5 Å². The van der Waals surface area contributed by atoms with Crippen LogP contribution < -0.4 is 28.8 Å². The van der Waals surface area contributed by atoms with Crippen LogP contribution in [0.2, 0.25) is 0 Å². The smallest absolute Gasteiger partial charge is 0.201 e. The summed E-state index contributed by atoms with van der Waals surface area (Å²) in [6.45, 7) is 2.24. The van der Waals surface area contributed by atoms with E-state index in [-0.39, 0.29) is 58.2 Å². The van der Waals surface area contributed by atoms with Gasteiger partial charge in [-0.3, -0.25) is 4.90 Å². The van der Waals surface area contributed by atoms with Crippen LogP contribution >= 0.6 is 34.0 Å². The average Bonchev–Trinajstić information content (AvgIpc) is 3.12.